The van der Waals surface area contributed by atoms with Crippen molar-refractivity contribution in [1.82, 2.24) is 14.4 Å². The lowest BCUT2D eigenvalue weighted by atomic mass is 9.97. The summed E-state index contributed by atoms with van der Waals surface area (Å²) in [6.07, 6.45) is 2.89. The molecule has 5 rings (SSSR count). The van der Waals surface area contributed by atoms with Gasteiger partial charge in [-0.3, -0.25) is 9.59 Å². The number of rotatable bonds is 5. The molecule has 13 heteroatoms. The number of carbonyl (C=O) groups excluding carboxylic acids is 1. The van der Waals surface area contributed by atoms with Crippen LogP contribution < -0.4 is 16.2 Å². The topological polar surface area (TPSA) is 98.6 Å². The van der Waals surface area contributed by atoms with Crippen LogP contribution in [0.3, 0.4) is 0 Å². The van der Waals surface area contributed by atoms with Crippen LogP contribution in [-0.2, 0) is 11.3 Å². The molecule has 1 aromatic heterocycles. The van der Waals surface area contributed by atoms with Crippen LogP contribution in [0.15, 0.2) is 29.6 Å². The number of nitrogen functional groups attached to an aromatic ring is 1. The van der Waals surface area contributed by atoms with Gasteiger partial charge in [0.2, 0.25) is 5.91 Å². The maximum atomic E-state index is 17.0. The number of nitrogens with zero attached hydrogens (tertiary/aromatic N) is 5. The van der Waals surface area contributed by atoms with E-state index in [0.717, 1.165) is 25.5 Å². The number of likely N-dealkylation sites (tertiary alicyclic amines) is 1. The lowest BCUT2D eigenvalue weighted by molar-refractivity contribution is -0.128. The molecule has 2 aliphatic heterocycles. The van der Waals surface area contributed by atoms with Gasteiger partial charge in [-0.2, -0.15) is 5.26 Å². The molecule has 0 spiro atoms. The molecule has 2 atom stereocenters. The Balaban J connectivity index is 1.83. The fourth-order valence-electron chi connectivity index (χ4n) is 6.24. The molecular weight excluding hydrogens is 621 g/mol. The Hall–Kier alpha value is -3.36. The third-order valence-electron chi connectivity index (χ3n) is 8.45. The number of halogens is 5. The van der Waals surface area contributed by atoms with Crippen molar-refractivity contribution in [2.45, 2.75) is 38.4 Å². The molecule has 0 aliphatic carbocycles. The van der Waals surface area contributed by atoms with Crippen molar-refractivity contribution >= 4 is 63.0 Å². The van der Waals surface area contributed by atoms with Crippen molar-refractivity contribution in [3.63, 3.8) is 0 Å². The first-order chi connectivity index (χ1) is 20.4. The molecule has 2 N–H and O–H groups in total. The van der Waals surface area contributed by atoms with E-state index < -0.39 is 28.3 Å². The number of hydrogen-bond acceptors (Lipinski definition) is 6. The summed E-state index contributed by atoms with van der Waals surface area (Å²) in [5.74, 6) is -2.26. The number of piperazine rings is 1. The first-order valence-electron chi connectivity index (χ1n) is 13.7. The molecule has 3 heterocycles. The van der Waals surface area contributed by atoms with Crippen LogP contribution in [0.5, 0.6) is 0 Å². The molecule has 2 aliphatic rings. The Morgan fingerprint density at radius 1 is 1.14 bits per heavy atom. The number of pyridine rings is 1. The molecule has 43 heavy (non-hydrogen) atoms. The van der Waals surface area contributed by atoms with E-state index in [0.29, 0.717) is 0 Å². The monoisotopic (exact) mass is 648 g/mol. The molecule has 0 unspecified atom stereocenters. The number of anilines is 2. The van der Waals surface area contributed by atoms with Gasteiger partial charge in [-0.05, 0) is 51.6 Å². The number of carbonyl (C=O) groups is 1. The average Bonchev–Trinajstić information content (AvgIpc) is 3.38. The third kappa shape index (κ3) is 5.22. The van der Waals surface area contributed by atoms with Crippen LogP contribution in [-0.4, -0.2) is 65.6 Å². The highest BCUT2D eigenvalue weighted by Crippen LogP contribution is 2.45. The van der Waals surface area contributed by atoms with E-state index in [2.05, 4.69) is 11.5 Å². The zero-order chi connectivity index (χ0) is 31.3. The van der Waals surface area contributed by atoms with Crippen molar-refractivity contribution in [2.75, 3.05) is 43.9 Å². The predicted octanol–water partition coefficient (Wildman–Crippen LogP) is 5.68. The van der Waals surface area contributed by atoms with E-state index in [1.807, 2.05) is 20.0 Å². The van der Waals surface area contributed by atoms with Crippen molar-refractivity contribution < 1.29 is 13.6 Å². The first-order valence-corrected chi connectivity index (χ1v) is 14.8. The van der Waals surface area contributed by atoms with Crippen LogP contribution in [0.25, 0.3) is 22.0 Å². The van der Waals surface area contributed by atoms with Crippen molar-refractivity contribution in [3.05, 3.63) is 67.4 Å². The molecule has 0 bridgehead atoms. The van der Waals surface area contributed by atoms with E-state index in [-0.39, 0.29) is 87.1 Å². The highest BCUT2D eigenvalue weighted by Gasteiger charge is 2.34. The summed E-state index contributed by atoms with van der Waals surface area (Å²) in [6, 6.07) is 4.16. The maximum absolute atomic E-state index is 17.0. The maximum Gasteiger partial charge on any atom is 0.271 e. The largest absolute Gasteiger partial charge is 0.397 e. The number of aromatic nitrogens is 1. The Morgan fingerprint density at radius 2 is 1.86 bits per heavy atom. The summed E-state index contributed by atoms with van der Waals surface area (Å²) >= 11 is 18.9. The number of hydrogen-bond donors (Lipinski definition) is 1. The Kier molecular flexibility index (Phi) is 8.65. The Labute approximate surface area is 262 Å². The van der Waals surface area contributed by atoms with E-state index in [9.17, 15) is 14.9 Å². The van der Waals surface area contributed by atoms with Crippen LogP contribution in [0.1, 0.15) is 25.3 Å². The van der Waals surface area contributed by atoms with Gasteiger partial charge in [0.15, 0.2) is 11.6 Å². The quantitative estimate of drug-likeness (QED) is 0.217. The highest BCUT2D eigenvalue weighted by molar-refractivity contribution is 6.38. The molecule has 226 valence electrons. The fraction of sp³-hybridized carbons (Fsp3) is 0.367. The molecule has 3 aromatic rings. The minimum Gasteiger partial charge on any atom is -0.397 e. The molecule has 2 aromatic carbocycles. The number of amides is 1. The highest BCUT2D eigenvalue weighted by atomic mass is 35.5. The number of fused-ring (bicyclic) bond motifs is 1. The summed E-state index contributed by atoms with van der Waals surface area (Å²) < 4.78 is 33.7. The lowest BCUT2D eigenvalue weighted by Crippen LogP contribution is -2.54. The van der Waals surface area contributed by atoms with Gasteiger partial charge < -0.3 is 25.0 Å². The molecule has 2 saturated heterocycles. The van der Waals surface area contributed by atoms with Crippen molar-refractivity contribution in [1.29, 1.82) is 5.26 Å². The summed E-state index contributed by atoms with van der Waals surface area (Å²) in [7, 11) is 1.92. The Morgan fingerprint density at radius 3 is 2.47 bits per heavy atom. The van der Waals surface area contributed by atoms with Gasteiger partial charge in [-0.15, -0.1) is 0 Å². The standard InChI is InChI=1S/C30H29Cl3F2N6O2/c1-4-22(42)40-9-8-39(13-15(40)2)28-17-10-19(31)23(24-25(34)20(32)11-21(33)27(24)37)26(35)29(17)41(30(43)18(28)12-36)14-16-6-5-7-38(16)3/h4,10-11,15-16H,1,5-9,13-14,37H2,2-3H3/t15-,16+/m1/s1. The van der Waals surface area contributed by atoms with E-state index in [4.69, 9.17) is 40.5 Å². The van der Waals surface area contributed by atoms with Crippen LogP contribution >= 0.6 is 34.8 Å². The van der Waals surface area contributed by atoms with Gasteiger partial charge in [0.25, 0.3) is 5.56 Å². The van der Waals surface area contributed by atoms with Gasteiger partial charge in [0.05, 0.1) is 32.0 Å². The van der Waals surface area contributed by atoms with Gasteiger partial charge >= 0.3 is 0 Å². The lowest BCUT2D eigenvalue weighted by Gasteiger charge is -2.41. The summed E-state index contributed by atoms with van der Waals surface area (Å²) in [5.41, 5.74) is 4.22. The molecule has 0 saturated carbocycles. The molecule has 0 radical (unpaired) electrons. The summed E-state index contributed by atoms with van der Waals surface area (Å²) in [5, 5.41) is 9.79. The van der Waals surface area contributed by atoms with E-state index in [1.165, 1.54) is 16.7 Å². The van der Waals surface area contributed by atoms with Crippen LogP contribution in [0.2, 0.25) is 15.1 Å². The zero-order valence-corrected chi connectivity index (χ0v) is 25.8. The third-order valence-corrected chi connectivity index (χ3v) is 9.34. The number of benzene rings is 2. The second-order valence-electron chi connectivity index (χ2n) is 10.9. The van der Waals surface area contributed by atoms with E-state index in [1.54, 1.807) is 9.80 Å². The van der Waals surface area contributed by atoms with Gasteiger partial charge in [0, 0.05) is 54.8 Å². The van der Waals surface area contributed by atoms with Crippen molar-refractivity contribution in [3.8, 4) is 17.2 Å². The smallest absolute Gasteiger partial charge is 0.271 e. The minimum atomic E-state index is -1.01. The Bertz CT molecular complexity index is 1750. The fourth-order valence-corrected chi connectivity index (χ4v) is 6.99. The molecule has 1 amide bonds. The second kappa shape index (κ2) is 12.0. The number of likely N-dealkylation sites (N-methyl/N-ethyl adjacent to an activating group) is 1. The van der Waals surface area contributed by atoms with Crippen LogP contribution in [0.4, 0.5) is 20.2 Å². The molecule has 8 nitrogen and oxygen atoms in total. The summed E-state index contributed by atoms with van der Waals surface area (Å²) in [6.45, 7) is 7.07. The zero-order valence-electron chi connectivity index (χ0n) is 23.6. The van der Waals surface area contributed by atoms with Crippen molar-refractivity contribution in [2.24, 2.45) is 0 Å². The average molecular weight is 650 g/mol. The molecular formula is C30H29Cl3F2N6O2. The summed E-state index contributed by atoms with van der Waals surface area (Å²) in [4.78, 5) is 31.9. The minimum absolute atomic E-state index is 0.0884. The van der Waals surface area contributed by atoms with Gasteiger partial charge in [-0.1, -0.05) is 41.4 Å². The predicted molar refractivity (Wildman–Crippen MR) is 167 cm³/mol. The van der Waals surface area contributed by atoms with E-state index >= 15 is 8.78 Å². The number of nitrogens with two attached hydrogens (primary N) is 1. The number of nitriles is 1. The first kappa shape index (κ1) is 31.1. The van der Waals surface area contributed by atoms with Crippen LogP contribution in [0, 0.1) is 23.0 Å². The second-order valence-corrected chi connectivity index (χ2v) is 12.2. The SMILES string of the molecule is C=CC(=O)N1CCN(c2c(C#N)c(=O)n(C[C@@H]3CCCN3C)c3c(F)c(-c4c(N)c(Cl)cc(Cl)c4F)c(Cl)cc23)C[C@H]1C. The molecule has 2 fully saturated rings. The van der Waals surface area contributed by atoms with Gasteiger partial charge in [0.1, 0.15) is 11.6 Å². The normalized spacial score (nSPS) is 19.2. The van der Waals surface area contributed by atoms with Gasteiger partial charge in [-0.25, -0.2) is 8.78 Å².